The molecule has 1 aliphatic rings. The van der Waals surface area contributed by atoms with E-state index >= 15 is 0 Å². The first kappa shape index (κ1) is 12.7. The normalized spacial score (nSPS) is 13.2. The Labute approximate surface area is 125 Å². The number of nitrogens with two attached hydrogens (primary N) is 1. The van der Waals surface area contributed by atoms with E-state index in [4.69, 9.17) is 41.2 Å². The first-order valence-electron chi connectivity index (χ1n) is 5.69. The summed E-state index contributed by atoms with van der Waals surface area (Å²) in [7, 11) is 0. The molecule has 2 heterocycles. The van der Waals surface area contributed by atoms with Crippen LogP contribution in [0.4, 0.5) is 5.82 Å². The second kappa shape index (κ2) is 4.67. The maximum absolute atomic E-state index is 6.05. The molecular formula is C12H10Cl2N4S. The molecular weight excluding hydrogens is 303 g/mol. The number of nitrogens with zero attached hydrogens (tertiary/aromatic N) is 2. The van der Waals surface area contributed by atoms with Crippen molar-refractivity contribution in [2.75, 3.05) is 11.9 Å². The standard InChI is InChI=1S/C12H10Cl2N4S/c13-8-2-1-6(5-9(8)14)10-7-3-4-16-11(7)18(17-10)12(15)19/h1-2,5,16H,3-4H2,(H2,15,19). The predicted octanol–water partition coefficient (Wildman–Crippen LogP) is 2.92. The van der Waals surface area contributed by atoms with Crippen molar-refractivity contribution in [2.24, 2.45) is 5.73 Å². The maximum Gasteiger partial charge on any atom is 0.193 e. The zero-order chi connectivity index (χ0) is 13.6. The average molecular weight is 313 g/mol. The minimum atomic E-state index is 0.219. The third-order valence-electron chi connectivity index (χ3n) is 3.05. The van der Waals surface area contributed by atoms with Crippen molar-refractivity contribution >= 4 is 46.4 Å². The van der Waals surface area contributed by atoms with Crippen LogP contribution in [0.15, 0.2) is 18.2 Å². The van der Waals surface area contributed by atoms with Gasteiger partial charge in [0, 0.05) is 17.7 Å². The molecule has 7 heteroatoms. The first-order valence-corrected chi connectivity index (χ1v) is 6.85. The molecule has 0 fully saturated rings. The summed E-state index contributed by atoms with van der Waals surface area (Å²) >= 11 is 17.0. The third-order valence-corrected chi connectivity index (χ3v) is 3.96. The van der Waals surface area contributed by atoms with E-state index in [-0.39, 0.29) is 5.11 Å². The maximum atomic E-state index is 6.05. The zero-order valence-corrected chi connectivity index (χ0v) is 12.1. The molecule has 0 atom stereocenters. The van der Waals surface area contributed by atoms with Gasteiger partial charge in [0.25, 0.3) is 0 Å². The number of hydrogen-bond donors (Lipinski definition) is 2. The summed E-state index contributed by atoms with van der Waals surface area (Å²) in [6.07, 6.45) is 0.882. The van der Waals surface area contributed by atoms with Crippen molar-refractivity contribution in [3.8, 4) is 11.3 Å². The number of halogens is 2. The molecule has 0 amide bonds. The molecule has 19 heavy (non-hydrogen) atoms. The summed E-state index contributed by atoms with van der Waals surface area (Å²) in [6, 6.07) is 5.45. The van der Waals surface area contributed by atoms with Crippen LogP contribution < -0.4 is 11.1 Å². The van der Waals surface area contributed by atoms with Gasteiger partial charge in [0.2, 0.25) is 0 Å². The Bertz CT molecular complexity index is 681. The Morgan fingerprint density at radius 3 is 2.84 bits per heavy atom. The average Bonchev–Trinajstić information content (AvgIpc) is 2.93. The lowest BCUT2D eigenvalue weighted by atomic mass is 10.1. The highest BCUT2D eigenvalue weighted by molar-refractivity contribution is 7.80. The highest BCUT2D eigenvalue weighted by atomic mass is 35.5. The Kier molecular flexibility index (Phi) is 3.12. The number of rotatable bonds is 1. The number of benzene rings is 1. The predicted molar refractivity (Wildman–Crippen MR) is 82.1 cm³/mol. The summed E-state index contributed by atoms with van der Waals surface area (Å²) in [6.45, 7) is 0.851. The van der Waals surface area contributed by atoms with E-state index in [0.29, 0.717) is 10.0 Å². The van der Waals surface area contributed by atoms with Gasteiger partial charge in [0.1, 0.15) is 5.82 Å². The van der Waals surface area contributed by atoms with Gasteiger partial charge in [0.15, 0.2) is 5.11 Å². The van der Waals surface area contributed by atoms with E-state index in [0.717, 1.165) is 35.6 Å². The number of hydrogen-bond acceptors (Lipinski definition) is 3. The van der Waals surface area contributed by atoms with E-state index in [2.05, 4.69) is 10.4 Å². The van der Waals surface area contributed by atoms with E-state index in [1.807, 2.05) is 6.07 Å². The molecule has 3 N–H and O–H groups in total. The number of nitrogens with one attached hydrogen (secondary N) is 1. The van der Waals surface area contributed by atoms with Gasteiger partial charge in [-0.3, -0.25) is 0 Å². The van der Waals surface area contributed by atoms with Gasteiger partial charge >= 0.3 is 0 Å². The van der Waals surface area contributed by atoms with Crippen LogP contribution in [0.3, 0.4) is 0 Å². The van der Waals surface area contributed by atoms with Crippen LogP contribution in [-0.2, 0) is 6.42 Å². The van der Waals surface area contributed by atoms with Gasteiger partial charge < -0.3 is 11.1 Å². The van der Waals surface area contributed by atoms with Gasteiger partial charge in [-0.15, -0.1) is 0 Å². The molecule has 0 saturated heterocycles. The summed E-state index contributed by atoms with van der Waals surface area (Å²) in [5.41, 5.74) is 8.53. The van der Waals surface area contributed by atoms with Crippen molar-refractivity contribution < 1.29 is 0 Å². The molecule has 3 rings (SSSR count). The molecule has 0 saturated carbocycles. The monoisotopic (exact) mass is 312 g/mol. The molecule has 1 aliphatic heterocycles. The SMILES string of the molecule is NC(=S)n1nc(-c2ccc(Cl)c(Cl)c2)c2c1NCC2. The Morgan fingerprint density at radius 2 is 2.16 bits per heavy atom. The summed E-state index contributed by atoms with van der Waals surface area (Å²) in [4.78, 5) is 0. The number of aromatic nitrogens is 2. The summed E-state index contributed by atoms with van der Waals surface area (Å²) in [5, 5.41) is 8.94. The van der Waals surface area contributed by atoms with Gasteiger partial charge in [-0.25, -0.2) is 0 Å². The summed E-state index contributed by atoms with van der Waals surface area (Å²) < 4.78 is 1.55. The third kappa shape index (κ3) is 2.08. The van der Waals surface area contributed by atoms with Crippen molar-refractivity contribution in [1.29, 1.82) is 0 Å². The second-order valence-corrected chi connectivity index (χ2v) is 5.46. The quantitative estimate of drug-likeness (QED) is 0.795. The fourth-order valence-electron chi connectivity index (χ4n) is 2.21. The van der Waals surface area contributed by atoms with Crippen LogP contribution in [-0.4, -0.2) is 21.4 Å². The fraction of sp³-hybridized carbons (Fsp3) is 0.167. The molecule has 0 aliphatic carbocycles. The van der Waals surface area contributed by atoms with Crippen molar-refractivity contribution in [2.45, 2.75) is 6.42 Å². The van der Waals surface area contributed by atoms with Crippen LogP contribution in [0.1, 0.15) is 5.56 Å². The Hall–Kier alpha value is -1.30. The lowest BCUT2D eigenvalue weighted by Gasteiger charge is -2.03. The fourth-order valence-corrected chi connectivity index (χ4v) is 2.64. The minimum absolute atomic E-state index is 0.219. The van der Waals surface area contributed by atoms with E-state index < -0.39 is 0 Å². The highest BCUT2D eigenvalue weighted by Crippen LogP contribution is 2.35. The van der Waals surface area contributed by atoms with Gasteiger partial charge in [-0.05, 0) is 30.8 Å². The van der Waals surface area contributed by atoms with Crippen molar-refractivity contribution in [3.05, 3.63) is 33.8 Å². The summed E-state index contributed by atoms with van der Waals surface area (Å²) in [5.74, 6) is 0.869. The van der Waals surface area contributed by atoms with Crippen molar-refractivity contribution in [1.82, 2.24) is 9.78 Å². The van der Waals surface area contributed by atoms with Crippen LogP contribution >= 0.6 is 35.4 Å². The minimum Gasteiger partial charge on any atom is -0.374 e. The van der Waals surface area contributed by atoms with Gasteiger partial charge in [-0.2, -0.15) is 9.78 Å². The van der Waals surface area contributed by atoms with Crippen LogP contribution in [0, 0.1) is 0 Å². The molecule has 4 nitrogen and oxygen atoms in total. The van der Waals surface area contributed by atoms with Crippen LogP contribution in [0.2, 0.25) is 10.0 Å². The number of anilines is 1. The number of thiocarbonyl (C=S) groups is 1. The Morgan fingerprint density at radius 1 is 1.37 bits per heavy atom. The Balaban J connectivity index is 2.18. The molecule has 2 aromatic rings. The molecule has 0 radical (unpaired) electrons. The van der Waals surface area contributed by atoms with Crippen LogP contribution in [0.25, 0.3) is 11.3 Å². The second-order valence-electron chi connectivity index (χ2n) is 4.23. The topological polar surface area (TPSA) is 55.9 Å². The molecule has 98 valence electrons. The molecule has 0 unspecified atom stereocenters. The molecule has 0 bridgehead atoms. The first-order chi connectivity index (χ1) is 9.08. The van der Waals surface area contributed by atoms with Crippen LogP contribution in [0.5, 0.6) is 0 Å². The van der Waals surface area contributed by atoms with Gasteiger partial charge in [-0.1, -0.05) is 29.3 Å². The van der Waals surface area contributed by atoms with E-state index in [1.165, 1.54) is 0 Å². The molecule has 1 aromatic carbocycles. The highest BCUT2D eigenvalue weighted by Gasteiger charge is 2.24. The van der Waals surface area contributed by atoms with E-state index in [1.54, 1.807) is 16.8 Å². The zero-order valence-electron chi connectivity index (χ0n) is 9.78. The lowest BCUT2D eigenvalue weighted by Crippen LogP contribution is -2.22. The van der Waals surface area contributed by atoms with Crippen molar-refractivity contribution in [3.63, 3.8) is 0 Å². The smallest absolute Gasteiger partial charge is 0.193 e. The largest absolute Gasteiger partial charge is 0.374 e. The number of fused-ring (bicyclic) bond motifs is 1. The van der Waals surface area contributed by atoms with E-state index in [9.17, 15) is 0 Å². The molecule has 1 aromatic heterocycles. The van der Waals surface area contributed by atoms with Gasteiger partial charge in [0.05, 0.1) is 15.7 Å². The molecule has 0 spiro atoms. The lowest BCUT2D eigenvalue weighted by molar-refractivity contribution is 0.935.